The molecule has 0 spiro atoms. The minimum Gasteiger partial charge on any atom is -0.464 e. The van der Waals surface area contributed by atoms with Gasteiger partial charge in [0.2, 0.25) is 0 Å². The molecule has 2 rings (SSSR count). The highest BCUT2D eigenvalue weighted by atomic mass is 32.2. The Hall–Kier alpha value is -1.03. The second kappa shape index (κ2) is 7.49. The topological polar surface area (TPSA) is 88.6 Å². The molecule has 124 valence electrons. The van der Waals surface area contributed by atoms with Crippen molar-refractivity contribution in [1.82, 2.24) is 14.6 Å². The number of hydrogen-bond donors (Lipinski definition) is 1. The Balaban J connectivity index is 2.37. The number of esters is 1. The first-order valence-electron chi connectivity index (χ1n) is 7.26. The van der Waals surface area contributed by atoms with Crippen molar-refractivity contribution >= 4 is 27.3 Å². The molecule has 0 amide bonds. The van der Waals surface area contributed by atoms with E-state index in [0.717, 1.165) is 43.7 Å². The summed E-state index contributed by atoms with van der Waals surface area (Å²) in [6, 6.07) is -0.0428. The van der Waals surface area contributed by atoms with E-state index in [9.17, 15) is 13.2 Å². The molecule has 1 saturated heterocycles. The molecule has 0 bridgehead atoms. The summed E-state index contributed by atoms with van der Waals surface area (Å²) in [4.78, 5) is 15.6. The van der Waals surface area contributed by atoms with Crippen molar-refractivity contribution in [3.8, 4) is 0 Å². The number of thiazole rings is 1. The first-order chi connectivity index (χ1) is 10.5. The summed E-state index contributed by atoms with van der Waals surface area (Å²) in [6.07, 6.45) is 2.26. The predicted octanol–water partition coefficient (Wildman–Crippen LogP) is 1.08. The molecule has 1 aliphatic rings. The third-order valence-corrected chi connectivity index (χ3v) is 6.92. The first kappa shape index (κ1) is 17.3. The van der Waals surface area contributed by atoms with Crippen LogP contribution >= 0.6 is 11.3 Å². The molecule has 9 heteroatoms. The number of methoxy groups -OCH3 is 1. The van der Waals surface area contributed by atoms with Crippen molar-refractivity contribution < 1.29 is 17.9 Å². The van der Waals surface area contributed by atoms with Crippen LogP contribution in [0.4, 0.5) is 0 Å². The van der Waals surface area contributed by atoms with Gasteiger partial charge in [0.05, 0.1) is 12.6 Å². The van der Waals surface area contributed by atoms with E-state index in [1.54, 1.807) is 0 Å². The maximum Gasteiger partial charge on any atom is 0.358 e. The van der Waals surface area contributed by atoms with E-state index in [1.165, 1.54) is 16.9 Å². The van der Waals surface area contributed by atoms with Gasteiger partial charge in [0, 0.05) is 12.6 Å². The van der Waals surface area contributed by atoms with Crippen LogP contribution in [0.15, 0.2) is 9.72 Å². The zero-order valence-corrected chi connectivity index (χ0v) is 14.4. The third-order valence-electron chi connectivity index (χ3n) is 3.62. The maximum absolute atomic E-state index is 13.0. The van der Waals surface area contributed by atoms with Gasteiger partial charge in [-0.05, 0) is 32.4 Å². The van der Waals surface area contributed by atoms with Crippen LogP contribution in [0.5, 0.6) is 0 Å². The maximum atomic E-state index is 13.0. The Labute approximate surface area is 134 Å². The minimum absolute atomic E-state index is 0.0219. The molecule has 22 heavy (non-hydrogen) atoms. The van der Waals surface area contributed by atoms with Crippen molar-refractivity contribution in [1.29, 1.82) is 0 Å². The SMILES string of the molecule is CCCN(C1CCNCC1)S(=O)(=O)c1scnc1C(=O)OC. The minimum atomic E-state index is -3.74. The van der Waals surface area contributed by atoms with Crippen LogP contribution in [-0.2, 0) is 14.8 Å². The van der Waals surface area contributed by atoms with E-state index in [1.807, 2.05) is 6.92 Å². The largest absolute Gasteiger partial charge is 0.464 e. The molecule has 1 fully saturated rings. The smallest absolute Gasteiger partial charge is 0.358 e. The number of rotatable bonds is 6. The van der Waals surface area contributed by atoms with Gasteiger partial charge in [-0.1, -0.05) is 6.92 Å². The lowest BCUT2D eigenvalue weighted by Crippen LogP contribution is -2.46. The predicted molar refractivity (Wildman–Crippen MR) is 83.5 cm³/mol. The summed E-state index contributed by atoms with van der Waals surface area (Å²) >= 11 is 0.961. The summed E-state index contributed by atoms with van der Waals surface area (Å²) < 4.78 is 32.1. The fourth-order valence-corrected chi connectivity index (χ4v) is 5.60. The molecular formula is C13H21N3O4S2. The molecule has 0 radical (unpaired) electrons. The van der Waals surface area contributed by atoms with Crippen molar-refractivity contribution in [3.05, 3.63) is 11.2 Å². The Morgan fingerprint density at radius 3 is 2.77 bits per heavy atom. The molecule has 1 aliphatic heterocycles. The number of nitrogens with zero attached hydrogens (tertiary/aromatic N) is 2. The molecule has 0 aliphatic carbocycles. The summed E-state index contributed by atoms with van der Waals surface area (Å²) in [7, 11) is -2.53. The van der Waals surface area contributed by atoms with Crippen LogP contribution in [0.25, 0.3) is 0 Å². The molecule has 0 aromatic carbocycles. The van der Waals surface area contributed by atoms with Gasteiger partial charge in [-0.15, -0.1) is 11.3 Å². The van der Waals surface area contributed by atoms with Gasteiger partial charge in [0.15, 0.2) is 9.90 Å². The Morgan fingerprint density at radius 1 is 1.50 bits per heavy atom. The van der Waals surface area contributed by atoms with E-state index in [2.05, 4.69) is 15.0 Å². The number of nitrogens with one attached hydrogen (secondary N) is 1. The Kier molecular flexibility index (Phi) is 5.90. The highest BCUT2D eigenvalue weighted by Gasteiger charge is 2.36. The van der Waals surface area contributed by atoms with Crippen LogP contribution in [0.3, 0.4) is 0 Å². The average molecular weight is 347 g/mol. The highest BCUT2D eigenvalue weighted by Crippen LogP contribution is 2.28. The third kappa shape index (κ3) is 3.48. The number of carbonyl (C=O) groups excluding carboxylic acids is 1. The summed E-state index contributed by atoms with van der Waals surface area (Å²) in [5.41, 5.74) is 1.24. The number of aromatic nitrogens is 1. The summed E-state index contributed by atoms with van der Waals surface area (Å²) in [5.74, 6) is -0.721. The molecule has 1 aromatic rings. The lowest BCUT2D eigenvalue weighted by Gasteiger charge is -2.33. The fraction of sp³-hybridized carbons (Fsp3) is 0.692. The number of ether oxygens (including phenoxy) is 1. The van der Waals surface area contributed by atoms with Crippen LogP contribution in [0.1, 0.15) is 36.7 Å². The molecule has 0 atom stereocenters. The molecule has 0 saturated carbocycles. The Bertz CT molecular complexity index is 609. The molecule has 7 nitrogen and oxygen atoms in total. The Morgan fingerprint density at radius 2 is 2.18 bits per heavy atom. The zero-order valence-electron chi connectivity index (χ0n) is 12.7. The second-order valence-electron chi connectivity index (χ2n) is 5.08. The number of sulfonamides is 1. The number of piperidine rings is 1. The number of carbonyl (C=O) groups is 1. The van der Waals surface area contributed by atoms with Crippen molar-refractivity contribution in [2.45, 2.75) is 36.4 Å². The van der Waals surface area contributed by atoms with E-state index in [4.69, 9.17) is 0 Å². The van der Waals surface area contributed by atoms with E-state index in [-0.39, 0.29) is 15.9 Å². The van der Waals surface area contributed by atoms with Gasteiger partial charge >= 0.3 is 5.97 Å². The van der Waals surface area contributed by atoms with Gasteiger partial charge in [0.1, 0.15) is 0 Å². The second-order valence-corrected chi connectivity index (χ2v) is 8.02. The van der Waals surface area contributed by atoms with Crippen molar-refractivity contribution in [2.75, 3.05) is 26.7 Å². The molecular weight excluding hydrogens is 326 g/mol. The van der Waals surface area contributed by atoms with Crippen LogP contribution in [-0.4, -0.2) is 56.5 Å². The normalized spacial score (nSPS) is 16.9. The lowest BCUT2D eigenvalue weighted by atomic mass is 10.1. The molecule has 0 unspecified atom stereocenters. The van der Waals surface area contributed by atoms with Crippen LogP contribution in [0, 0.1) is 0 Å². The van der Waals surface area contributed by atoms with Gasteiger partial charge in [-0.25, -0.2) is 18.2 Å². The van der Waals surface area contributed by atoms with Gasteiger partial charge in [0.25, 0.3) is 10.0 Å². The zero-order chi connectivity index (χ0) is 16.2. The average Bonchev–Trinajstić information content (AvgIpc) is 3.03. The van der Waals surface area contributed by atoms with Crippen LogP contribution in [0.2, 0.25) is 0 Å². The summed E-state index contributed by atoms with van der Waals surface area (Å²) in [6.45, 7) is 3.98. The van der Waals surface area contributed by atoms with E-state index in [0.29, 0.717) is 6.54 Å². The van der Waals surface area contributed by atoms with Crippen molar-refractivity contribution in [2.24, 2.45) is 0 Å². The van der Waals surface area contributed by atoms with Crippen molar-refractivity contribution in [3.63, 3.8) is 0 Å². The quantitative estimate of drug-likeness (QED) is 0.775. The monoisotopic (exact) mass is 347 g/mol. The van der Waals surface area contributed by atoms with Gasteiger partial charge < -0.3 is 10.1 Å². The number of hydrogen-bond acceptors (Lipinski definition) is 7. The lowest BCUT2D eigenvalue weighted by molar-refractivity contribution is 0.0590. The standard InChI is InChI=1S/C13H21N3O4S2/c1-3-8-16(10-4-6-14-7-5-10)22(18,19)13-11(12(17)20-2)15-9-21-13/h9-10,14H,3-8H2,1-2H3. The molecule has 1 N–H and O–H groups in total. The summed E-state index contributed by atoms with van der Waals surface area (Å²) in [5, 5.41) is 3.23. The molecule has 2 heterocycles. The van der Waals surface area contributed by atoms with Gasteiger partial charge in [-0.3, -0.25) is 0 Å². The van der Waals surface area contributed by atoms with E-state index >= 15 is 0 Å². The van der Waals surface area contributed by atoms with E-state index < -0.39 is 16.0 Å². The highest BCUT2D eigenvalue weighted by molar-refractivity contribution is 7.91. The first-order valence-corrected chi connectivity index (χ1v) is 9.58. The molecule has 1 aromatic heterocycles. The van der Waals surface area contributed by atoms with Crippen LogP contribution < -0.4 is 5.32 Å². The fourth-order valence-electron chi connectivity index (χ4n) is 2.57. The van der Waals surface area contributed by atoms with Gasteiger partial charge in [-0.2, -0.15) is 4.31 Å².